The summed E-state index contributed by atoms with van der Waals surface area (Å²) in [7, 11) is 0. The van der Waals surface area contributed by atoms with Gasteiger partial charge in [0.25, 0.3) is 5.91 Å². The predicted molar refractivity (Wildman–Crippen MR) is 102 cm³/mol. The van der Waals surface area contributed by atoms with Crippen LogP contribution in [0, 0.1) is 0 Å². The Morgan fingerprint density at radius 1 is 0.923 bits per heavy atom. The molecule has 0 atom stereocenters. The lowest BCUT2D eigenvalue weighted by Gasteiger charge is -2.09. The summed E-state index contributed by atoms with van der Waals surface area (Å²) in [5.74, 6) is -0.722. The van der Waals surface area contributed by atoms with Crippen LogP contribution in [0.1, 0.15) is 26.3 Å². The second-order valence-electron chi connectivity index (χ2n) is 5.78. The predicted octanol–water partition coefficient (Wildman–Crippen LogP) is 4.72. The first kappa shape index (κ1) is 17.7. The monoisotopic (exact) mass is 365 g/mol. The number of amides is 1. The molecule has 1 amide bonds. The van der Waals surface area contributed by atoms with Crippen molar-refractivity contribution in [3.05, 3.63) is 94.5 Å². The molecule has 0 aliphatic heterocycles. The van der Waals surface area contributed by atoms with E-state index in [-0.39, 0.29) is 23.5 Å². The van der Waals surface area contributed by atoms with E-state index in [1.54, 1.807) is 24.3 Å². The van der Waals surface area contributed by atoms with E-state index < -0.39 is 5.91 Å². The number of anilines is 1. The third-order valence-corrected chi connectivity index (χ3v) is 4.09. The molecule has 3 rings (SSSR count). The lowest BCUT2D eigenvalue weighted by atomic mass is 10.0. The van der Waals surface area contributed by atoms with Crippen LogP contribution in [0.25, 0.3) is 0 Å². The molecule has 2 N–H and O–H groups in total. The van der Waals surface area contributed by atoms with Gasteiger partial charge in [0.1, 0.15) is 5.75 Å². The van der Waals surface area contributed by atoms with Crippen molar-refractivity contribution < 1.29 is 14.7 Å². The number of hydrogen-bond donors (Lipinski definition) is 2. The number of carbonyl (C=O) groups is 2. The fraction of sp³-hybridized carbons (Fsp3) is 0.0476. The van der Waals surface area contributed by atoms with Gasteiger partial charge in [-0.3, -0.25) is 9.59 Å². The maximum atomic E-state index is 12.4. The van der Waals surface area contributed by atoms with E-state index in [0.717, 1.165) is 5.56 Å². The zero-order chi connectivity index (χ0) is 18.5. The Labute approximate surface area is 156 Å². The summed E-state index contributed by atoms with van der Waals surface area (Å²) in [6, 6.07) is 20.5. The first-order valence-corrected chi connectivity index (χ1v) is 8.38. The molecule has 0 bridgehead atoms. The van der Waals surface area contributed by atoms with Crippen molar-refractivity contribution in [1.82, 2.24) is 0 Å². The molecular weight excluding hydrogens is 350 g/mol. The number of phenolic OH excluding ortho intramolecular Hbond substituents is 1. The normalized spacial score (nSPS) is 10.3. The minimum Gasteiger partial charge on any atom is -0.507 e. The molecule has 0 radical (unpaired) electrons. The number of halogens is 1. The number of carbonyl (C=O) groups excluding carboxylic acids is 2. The number of phenols is 1. The lowest BCUT2D eigenvalue weighted by Crippen LogP contribution is -2.13. The second-order valence-corrected chi connectivity index (χ2v) is 6.22. The number of hydrogen-bond acceptors (Lipinski definition) is 3. The van der Waals surface area contributed by atoms with Crippen LogP contribution in [0.2, 0.25) is 5.02 Å². The van der Waals surface area contributed by atoms with Gasteiger partial charge in [-0.15, -0.1) is 0 Å². The standard InChI is InChI=1S/C21H16ClNO3/c22-16-9-10-18(20(25)13-16)21(26)23-17-8-4-7-15(12-17)19(24)11-14-5-2-1-3-6-14/h1-10,12-13,25H,11H2,(H,23,26). The highest BCUT2D eigenvalue weighted by Crippen LogP contribution is 2.23. The Morgan fingerprint density at radius 2 is 1.69 bits per heavy atom. The van der Waals surface area contributed by atoms with E-state index in [1.807, 2.05) is 30.3 Å². The average molecular weight is 366 g/mol. The zero-order valence-electron chi connectivity index (χ0n) is 13.8. The van der Waals surface area contributed by atoms with Gasteiger partial charge in [-0.2, -0.15) is 0 Å². The van der Waals surface area contributed by atoms with E-state index in [2.05, 4.69) is 5.32 Å². The van der Waals surface area contributed by atoms with Crippen molar-refractivity contribution in [1.29, 1.82) is 0 Å². The molecule has 0 aliphatic carbocycles. The second kappa shape index (κ2) is 7.85. The SMILES string of the molecule is O=C(Cc1ccccc1)c1cccc(NC(=O)c2ccc(Cl)cc2O)c1. The molecular formula is C21H16ClNO3. The van der Waals surface area contributed by atoms with Crippen LogP contribution in [-0.2, 0) is 6.42 Å². The Kier molecular flexibility index (Phi) is 5.34. The number of rotatable bonds is 5. The maximum Gasteiger partial charge on any atom is 0.259 e. The summed E-state index contributed by atoms with van der Waals surface area (Å²) < 4.78 is 0. The molecule has 26 heavy (non-hydrogen) atoms. The third-order valence-electron chi connectivity index (χ3n) is 3.85. The summed E-state index contributed by atoms with van der Waals surface area (Å²) in [5.41, 5.74) is 2.02. The van der Waals surface area contributed by atoms with Crippen LogP contribution in [0.5, 0.6) is 5.75 Å². The molecule has 3 aromatic carbocycles. The largest absolute Gasteiger partial charge is 0.507 e. The van der Waals surface area contributed by atoms with E-state index in [1.165, 1.54) is 18.2 Å². The quantitative estimate of drug-likeness (QED) is 0.643. The number of aromatic hydroxyl groups is 1. The number of Topliss-reactive ketones (excluding diaryl/α,β-unsaturated/α-hetero) is 1. The Balaban J connectivity index is 1.74. The van der Waals surface area contributed by atoms with Gasteiger partial charge in [0, 0.05) is 22.7 Å². The molecule has 0 heterocycles. The molecule has 0 saturated heterocycles. The van der Waals surface area contributed by atoms with Crippen molar-refractivity contribution in [2.24, 2.45) is 0 Å². The summed E-state index contributed by atoms with van der Waals surface area (Å²) in [6.45, 7) is 0. The molecule has 0 fully saturated rings. The zero-order valence-corrected chi connectivity index (χ0v) is 14.5. The summed E-state index contributed by atoms with van der Waals surface area (Å²) >= 11 is 5.77. The molecule has 3 aromatic rings. The van der Waals surface area contributed by atoms with E-state index in [4.69, 9.17) is 11.6 Å². The van der Waals surface area contributed by atoms with Crippen LogP contribution in [-0.4, -0.2) is 16.8 Å². The van der Waals surface area contributed by atoms with Crippen molar-refractivity contribution in [2.75, 3.05) is 5.32 Å². The van der Waals surface area contributed by atoms with E-state index in [9.17, 15) is 14.7 Å². The molecule has 4 nitrogen and oxygen atoms in total. The highest BCUT2D eigenvalue weighted by molar-refractivity contribution is 6.31. The van der Waals surface area contributed by atoms with Gasteiger partial charge >= 0.3 is 0 Å². The fourth-order valence-electron chi connectivity index (χ4n) is 2.55. The topological polar surface area (TPSA) is 66.4 Å². The summed E-state index contributed by atoms with van der Waals surface area (Å²) in [6.07, 6.45) is 0.288. The van der Waals surface area contributed by atoms with Crippen molar-refractivity contribution >= 4 is 29.0 Å². The van der Waals surface area contributed by atoms with Crippen LogP contribution in [0.15, 0.2) is 72.8 Å². The molecule has 5 heteroatoms. The van der Waals surface area contributed by atoms with Gasteiger partial charge in [0.15, 0.2) is 5.78 Å². The van der Waals surface area contributed by atoms with E-state index in [0.29, 0.717) is 16.3 Å². The van der Waals surface area contributed by atoms with Gasteiger partial charge < -0.3 is 10.4 Å². The Hall–Kier alpha value is -3.11. The molecule has 0 aliphatic rings. The lowest BCUT2D eigenvalue weighted by molar-refractivity contribution is 0.0989. The van der Waals surface area contributed by atoms with Gasteiger partial charge in [-0.1, -0.05) is 54.1 Å². The number of ketones is 1. The van der Waals surface area contributed by atoms with Crippen LogP contribution in [0.3, 0.4) is 0 Å². The smallest absolute Gasteiger partial charge is 0.259 e. The van der Waals surface area contributed by atoms with Crippen LogP contribution < -0.4 is 5.32 Å². The van der Waals surface area contributed by atoms with Crippen molar-refractivity contribution in [3.8, 4) is 5.75 Å². The summed E-state index contributed by atoms with van der Waals surface area (Å²) in [4.78, 5) is 24.8. The third kappa shape index (κ3) is 4.29. The van der Waals surface area contributed by atoms with Crippen LogP contribution >= 0.6 is 11.6 Å². The van der Waals surface area contributed by atoms with E-state index >= 15 is 0 Å². The maximum absolute atomic E-state index is 12.4. The van der Waals surface area contributed by atoms with Crippen molar-refractivity contribution in [3.63, 3.8) is 0 Å². The molecule has 0 saturated carbocycles. The molecule has 0 unspecified atom stereocenters. The van der Waals surface area contributed by atoms with Gasteiger partial charge in [-0.25, -0.2) is 0 Å². The molecule has 0 spiro atoms. The minimum absolute atomic E-state index is 0.0401. The first-order valence-electron chi connectivity index (χ1n) is 8.00. The van der Waals surface area contributed by atoms with Crippen molar-refractivity contribution in [2.45, 2.75) is 6.42 Å². The first-order chi connectivity index (χ1) is 12.5. The highest BCUT2D eigenvalue weighted by Gasteiger charge is 2.13. The summed E-state index contributed by atoms with van der Waals surface area (Å²) in [5, 5.41) is 12.9. The minimum atomic E-state index is -0.480. The van der Waals surface area contributed by atoms with Crippen LogP contribution in [0.4, 0.5) is 5.69 Å². The highest BCUT2D eigenvalue weighted by atomic mass is 35.5. The molecule has 130 valence electrons. The Morgan fingerprint density at radius 3 is 2.42 bits per heavy atom. The average Bonchev–Trinajstić information content (AvgIpc) is 2.62. The fourth-order valence-corrected chi connectivity index (χ4v) is 2.72. The number of benzene rings is 3. The Bertz CT molecular complexity index is 954. The number of nitrogens with one attached hydrogen (secondary N) is 1. The van der Waals surface area contributed by atoms with Gasteiger partial charge in [0.2, 0.25) is 0 Å². The molecule has 0 aromatic heterocycles. The van der Waals surface area contributed by atoms with Gasteiger partial charge in [-0.05, 0) is 35.9 Å². The van der Waals surface area contributed by atoms with Gasteiger partial charge in [0.05, 0.1) is 5.56 Å².